The van der Waals surface area contributed by atoms with Crippen LogP contribution in [0.5, 0.6) is 0 Å². The third-order valence-electron chi connectivity index (χ3n) is 0. The van der Waals surface area contributed by atoms with Gasteiger partial charge in [0.25, 0.3) is 0 Å². The molecule has 0 heterocycles. The third-order valence-corrected chi connectivity index (χ3v) is 0. The molecule has 0 spiro atoms. The number of rotatable bonds is 0. The molecule has 0 aromatic rings. The van der Waals surface area contributed by atoms with E-state index in [1.165, 1.54) is 0 Å². The zero-order valence-corrected chi connectivity index (χ0v) is 5.42. The number of hydrogen-bond acceptors (Lipinski definition) is 4. The Bertz CT molecular complexity index is 94.9. The predicted molar refractivity (Wildman–Crippen MR) is 10.5 cm³/mol. The average Bonchev–Trinajstić information content (AvgIpc) is 0.722. The molecule has 0 fully saturated rings. The van der Waals surface area contributed by atoms with E-state index < -0.39 is 10.4 Å². The van der Waals surface area contributed by atoms with Crippen molar-refractivity contribution in [3.63, 3.8) is 0 Å². The molecule has 0 unspecified atom stereocenters. The Morgan fingerprint density at radius 2 is 1.14 bits per heavy atom. The van der Waals surface area contributed by atoms with E-state index in [-0.39, 0.29) is 35.9 Å². The first-order chi connectivity index (χ1) is 2.00. The summed E-state index contributed by atoms with van der Waals surface area (Å²) >= 11 is 0. The van der Waals surface area contributed by atoms with Crippen LogP contribution in [-0.2, 0) is 27.5 Å². The number of hydrogen-bond donors (Lipinski definition) is 0. The molecular formula is LiMnO4S+. The average molecular weight is 158 g/mol. The molecule has 0 atom stereocenters. The van der Waals surface area contributed by atoms with E-state index in [1.807, 2.05) is 0 Å². The normalized spacial score (nSPS) is 8.29. The summed E-state index contributed by atoms with van der Waals surface area (Å²) in [5.41, 5.74) is 0. The maximum Gasteiger partial charge on any atom is 2.00 e. The Kier molecular flexibility index (Phi) is 11.5. The zero-order valence-electron chi connectivity index (χ0n) is 3.42. The van der Waals surface area contributed by atoms with E-state index in [0.717, 1.165) is 0 Å². The Hall–Kier alpha value is 0.987. The van der Waals surface area contributed by atoms with Gasteiger partial charge in [-0.3, -0.25) is 8.42 Å². The largest absolute Gasteiger partial charge is 2.00 e. The summed E-state index contributed by atoms with van der Waals surface area (Å²) in [5, 5.41) is 0. The molecule has 0 N–H and O–H groups in total. The van der Waals surface area contributed by atoms with Crippen LogP contribution in [0.2, 0.25) is 0 Å². The van der Waals surface area contributed by atoms with E-state index in [2.05, 4.69) is 0 Å². The van der Waals surface area contributed by atoms with Crippen molar-refractivity contribution in [2.24, 2.45) is 0 Å². The summed E-state index contributed by atoms with van der Waals surface area (Å²) in [7, 11) is -5.17. The monoisotopic (exact) mass is 158 g/mol. The molecule has 0 aromatic heterocycles. The van der Waals surface area contributed by atoms with Crippen LogP contribution in [0, 0.1) is 0 Å². The molecule has 37 valence electrons. The Morgan fingerprint density at radius 1 is 1.14 bits per heavy atom. The van der Waals surface area contributed by atoms with Gasteiger partial charge in [-0.05, 0) is 0 Å². The van der Waals surface area contributed by atoms with Gasteiger partial charge in [-0.15, -0.1) is 0 Å². The molecule has 1 radical (unpaired) electrons. The third kappa shape index (κ3) is 178. The summed E-state index contributed by atoms with van der Waals surface area (Å²) in [5.74, 6) is 0. The molecule has 0 aliphatic heterocycles. The maximum atomic E-state index is 8.52. The summed E-state index contributed by atoms with van der Waals surface area (Å²) in [6, 6.07) is 0. The summed E-state index contributed by atoms with van der Waals surface area (Å²) < 4.78 is 34.1. The summed E-state index contributed by atoms with van der Waals surface area (Å²) in [6.45, 7) is 0. The van der Waals surface area contributed by atoms with Gasteiger partial charge in [0, 0.05) is 10.4 Å². The molecular weight excluding hydrogens is 158 g/mol. The topological polar surface area (TPSA) is 80.3 Å². The molecule has 0 aromatic carbocycles. The van der Waals surface area contributed by atoms with E-state index in [1.54, 1.807) is 0 Å². The van der Waals surface area contributed by atoms with Crippen molar-refractivity contribution in [3.8, 4) is 0 Å². The minimum absolute atomic E-state index is 0. The molecule has 0 bridgehead atoms. The van der Waals surface area contributed by atoms with Crippen molar-refractivity contribution in [1.82, 2.24) is 0 Å². The summed E-state index contributed by atoms with van der Waals surface area (Å²) in [6.07, 6.45) is 0. The van der Waals surface area contributed by atoms with Crippen molar-refractivity contribution < 1.29 is 53.5 Å². The fourth-order valence-corrected chi connectivity index (χ4v) is 0. The van der Waals surface area contributed by atoms with Gasteiger partial charge in [-0.1, -0.05) is 0 Å². The first-order valence-corrected chi connectivity index (χ1v) is 2.00. The van der Waals surface area contributed by atoms with E-state index in [0.29, 0.717) is 0 Å². The van der Waals surface area contributed by atoms with Crippen LogP contribution in [0.1, 0.15) is 0 Å². The second-order valence-electron chi connectivity index (χ2n) is 0.408. The van der Waals surface area contributed by atoms with Gasteiger partial charge in [0.05, 0.1) is 0 Å². The van der Waals surface area contributed by atoms with Gasteiger partial charge in [-0.2, -0.15) is 0 Å². The first kappa shape index (κ1) is 15.7. The van der Waals surface area contributed by atoms with Gasteiger partial charge >= 0.3 is 35.9 Å². The standard InChI is InChI=1S/Li.Mn.H2O4S/c;;1-5(2,3)4/h;;(H2,1,2,3,4)/q+1;+2;/p-2. The second kappa shape index (κ2) is 5.13. The zero-order chi connectivity index (χ0) is 4.50. The van der Waals surface area contributed by atoms with E-state index >= 15 is 0 Å². The van der Waals surface area contributed by atoms with Gasteiger partial charge < -0.3 is 9.11 Å². The van der Waals surface area contributed by atoms with Crippen LogP contribution < -0.4 is 18.9 Å². The van der Waals surface area contributed by atoms with Crippen LogP contribution >= 0.6 is 0 Å². The molecule has 0 rings (SSSR count). The molecule has 7 heteroatoms. The fourth-order valence-electron chi connectivity index (χ4n) is 0. The van der Waals surface area contributed by atoms with Crippen molar-refractivity contribution in [3.05, 3.63) is 0 Å². The smallest absolute Gasteiger partial charge is 0.759 e. The van der Waals surface area contributed by atoms with Gasteiger partial charge in [-0.25, -0.2) is 0 Å². The van der Waals surface area contributed by atoms with Gasteiger partial charge in [0.2, 0.25) is 0 Å². The second-order valence-corrected chi connectivity index (χ2v) is 1.22. The first-order valence-electron chi connectivity index (χ1n) is 0.667. The Labute approximate surface area is 63.9 Å². The van der Waals surface area contributed by atoms with Crippen molar-refractivity contribution in [2.45, 2.75) is 0 Å². The predicted octanol–water partition coefficient (Wildman–Crippen LogP) is -4.34. The quantitative estimate of drug-likeness (QED) is 0.203. The minimum atomic E-state index is -5.17. The van der Waals surface area contributed by atoms with E-state index in [9.17, 15) is 0 Å². The molecule has 0 saturated heterocycles. The molecule has 7 heavy (non-hydrogen) atoms. The van der Waals surface area contributed by atoms with Crippen LogP contribution in [0.3, 0.4) is 0 Å². The van der Waals surface area contributed by atoms with Crippen molar-refractivity contribution in [2.75, 3.05) is 0 Å². The molecule has 0 aliphatic rings. The van der Waals surface area contributed by atoms with Gasteiger partial charge in [0.15, 0.2) is 0 Å². The van der Waals surface area contributed by atoms with Crippen LogP contribution in [-0.4, -0.2) is 17.5 Å². The molecule has 0 saturated carbocycles. The van der Waals surface area contributed by atoms with Crippen LogP contribution in [0.15, 0.2) is 0 Å². The Balaban J connectivity index is -0.0000000800. The van der Waals surface area contributed by atoms with Crippen molar-refractivity contribution >= 4 is 10.4 Å². The molecule has 0 aliphatic carbocycles. The van der Waals surface area contributed by atoms with Gasteiger partial charge in [0.1, 0.15) is 0 Å². The summed E-state index contributed by atoms with van der Waals surface area (Å²) in [4.78, 5) is 0. The minimum Gasteiger partial charge on any atom is -0.759 e. The van der Waals surface area contributed by atoms with Crippen molar-refractivity contribution in [1.29, 1.82) is 0 Å². The van der Waals surface area contributed by atoms with E-state index in [4.69, 9.17) is 17.5 Å². The molecule has 4 nitrogen and oxygen atoms in total. The Morgan fingerprint density at radius 3 is 1.14 bits per heavy atom. The van der Waals surface area contributed by atoms with Crippen LogP contribution in [0.4, 0.5) is 0 Å². The maximum absolute atomic E-state index is 8.52. The van der Waals surface area contributed by atoms with Crippen LogP contribution in [0.25, 0.3) is 0 Å². The fraction of sp³-hybridized carbons (Fsp3) is 0. The SMILES string of the molecule is O=S(=O)([O-])[O-].[Li+].[Mn+2]. The molecule has 0 amide bonds.